The van der Waals surface area contributed by atoms with Gasteiger partial charge in [-0.05, 0) is 18.6 Å². The first-order valence-corrected chi connectivity index (χ1v) is 4.89. The first-order chi connectivity index (χ1) is 7.67. The second-order valence-electron chi connectivity index (χ2n) is 3.17. The number of amides is 2. The summed E-state index contributed by atoms with van der Waals surface area (Å²) in [5.74, 6) is -0.511. The smallest absolute Gasteiger partial charge is 0.320 e. The van der Waals surface area contributed by atoms with E-state index in [-0.39, 0.29) is 5.69 Å². The van der Waals surface area contributed by atoms with Crippen LogP contribution in [0.5, 0.6) is 0 Å². The van der Waals surface area contributed by atoms with Crippen LogP contribution in [-0.2, 0) is 0 Å². The maximum Gasteiger partial charge on any atom is 0.320 e. The molecule has 0 aliphatic rings. The molecular formula is C11H12FN3O. The minimum absolute atomic E-state index is 0.0905. The summed E-state index contributed by atoms with van der Waals surface area (Å²) in [6, 6.07) is 6.61. The van der Waals surface area contributed by atoms with Gasteiger partial charge in [-0.25, -0.2) is 9.18 Å². The second-order valence-corrected chi connectivity index (χ2v) is 3.17. The summed E-state index contributed by atoms with van der Waals surface area (Å²) in [6.45, 7) is 1.78. The Balaban J connectivity index is 2.59. The van der Waals surface area contributed by atoms with Gasteiger partial charge in [-0.1, -0.05) is 19.1 Å². The summed E-state index contributed by atoms with van der Waals surface area (Å²) in [5.41, 5.74) is 0.0905. The fourth-order valence-corrected chi connectivity index (χ4v) is 1.10. The molecule has 0 aromatic heterocycles. The Morgan fingerprint density at radius 2 is 2.25 bits per heavy atom. The topological polar surface area (TPSA) is 64.9 Å². The summed E-state index contributed by atoms with van der Waals surface area (Å²) in [6.07, 6.45) is 0.501. The maximum absolute atomic E-state index is 13.1. The third-order valence-corrected chi connectivity index (χ3v) is 1.99. The van der Waals surface area contributed by atoms with Gasteiger partial charge < -0.3 is 10.6 Å². The molecule has 4 nitrogen and oxygen atoms in total. The van der Waals surface area contributed by atoms with Gasteiger partial charge in [0.2, 0.25) is 0 Å². The van der Waals surface area contributed by atoms with E-state index in [0.717, 1.165) is 0 Å². The molecule has 0 saturated heterocycles. The van der Waals surface area contributed by atoms with Gasteiger partial charge in [0.15, 0.2) is 0 Å². The van der Waals surface area contributed by atoms with E-state index in [9.17, 15) is 9.18 Å². The van der Waals surface area contributed by atoms with Crippen LogP contribution in [-0.4, -0.2) is 12.1 Å². The molecule has 0 bridgehead atoms. The van der Waals surface area contributed by atoms with Gasteiger partial charge in [-0.15, -0.1) is 0 Å². The first-order valence-electron chi connectivity index (χ1n) is 4.89. The highest BCUT2D eigenvalue weighted by molar-refractivity contribution is 5.89. The number of hydrogen-bond donors (Lipinski definition) is 2. The Kier molecular flexibility index (Phi) is 4.28. The molecule has 16 heavy (non-hydrogen) atoms. The average molecular weight is 221 g/mol. The molecule has 0 fully saturated rings. The number of carbonyl (C=O) groups excluding carboxylic acids is 1. The van der Waals surface area contributed by atoms with E-state index >= 15 is 0 Å². The van der Waals surface area contributed by atoms with Gasteiger partial charge in [0, 0.05) is 0 Å². The van der Waals surface area contributed by atoms with Crippen molar-refractivity contribution in [2.45, 2.75) is 19.4 Å². The number of benzene rings is 1. The lowest BCUT2D eigenvalue weighted by Crippen LogP contribution is -2.36. The van der Waals surface area contributed by atoms with E-state index < -0.39 is 17.9 Å². The summed E-state index contributed by atoms with van der Waals surface area (Å²) in [5, 5.41) is 13.4. The number of nitrogens with one attached hydrogen (secondary N) is 2. The van der Waals surface area contributed by atoms with Crippen LogP contribution in [0.25, 0.3) is 0 Å². The number of carbonyl (C=O) groups is 1. The van der Waals surface area contributed by atoms with Crippen molar-refractivity contribution < 1.29 is 9.18 Å². The van der Waals surface area contributed by atoms with E-state index in [4.69, 9.17) is 5.26 Å². The molecule has 84 valence electrons. The number of halogens is 1. The molecule has 0 aliphatic heterocycles. The molecule has 0 radical (unpaired) electrons. The molecule has 2 amide bonds. The molecule has 5 heteroatoms. The van der Waals surface area contributed by atoms with Gasteiger partial charge in [-0.2, -0.15) is 5.26 Å². The van der Waals surface area contributed by atoms with Gasteiger partial charge in [0.1, 0.15) is 11.9 Å². The van der Waals surface area contributed by atoms with Crippen LogP contribution >= 0.6 is 0 Å². The minimum Gasteiger partial charge on any atom is -0.322 e. The first kappa shape index (κ1) is 12.0. The molecule has 1 aromatic rings. The molecule has 1 aromatic carbocycles. The van der Waals surface area contributed by atoms with Gasteiger partial charge >= 0.3 is 6.03 Å². The highest BCUT2D eigenvalue weighted by Gasteiger charge is 2.10. The quantitative estimate of drug-likeness (QED) is 0.822. The number of rotatable bonds is 3. The fourth-order valence-electron chi connectivity index (χ4n) is 1.10. The summed E-state index contributed by atoms with van der Waals surface area (Å²) in [7, 11) is 0. The Labute approximate surface area is 93.1 Å². The molecule has 0 aliphatic carbocycles. The van der Waals surface area contributed by atoms with Gasteiger partial charge in [-0.3, -0.25) is 0 Å². The zero-order valence-electron chi connectivity index (χ0n) is 8.83. The van der Waals surface area contributed by atoms with E-state index in [1.807, 2.05) is 6.07 Å². The van der Waals surface area contributed by atoms with Crippen molar-refractivity contribution in [2.24, 2.45) is 0 Å². The monoisotopic (exact) mass is 221 g/mol. The zero-order valence-corrected chi connectivity index (χ0v) is 8.83. The van der Waals surface area contributed by atoms with Gasteiger partial charge in [0.05, 0.1) is 11.8 Å². The number of nitrogens with zero attached hydrogens (tertiary/aromatic N) is 1. The van der Waals surface area contributed by atoms with Crippen LogP contribution < -0.4 is 10.6 Å². The number of nitriles is 1. The van der Waals surface area contributed by atoms with E-state index in [0.29, 0.717) is 6.42 Å². The Hall–Kier alpha value is -2.09. The third kappa shape index (κ3) is 3.24. The Morgan fingerprint density at radius 3 is 2.81 bits per heavy atom. The van der Waals surface area contributed by atoms with Crippen molar-refractivity contribution in [1.82, 2.24) is 5.32 Å². The van der Waals surface area contributed by atoms with Crippen LogP contribution in [0.2, 0.25) is 0 Å². The molecule has 1 atom stereocenters. The van der Waals surface area contributed by atoms with Crippen molar-refractivity contribution in [3.05, 3.63) is 30.1 Å². The summed E-state index contributed by atoms with van der Waals surface area (Å²) in [4.78, 5) is 11.4. The van der Waals surface area contributed by atoms with E-state index in [1.54, 1.807) is 13.0 Å². The second kappa shape index (κ2) is 5.71. The van der Waals surface area contributed by atoms with Crippen LogP contribution in [0.1, 0.15) is 13.3 Å². The Bertz CT molecular complexity index is 414. The van der Waals surface area contributed by atoms with Gasteiger partial charge in [0.25, 0.3) is 0 Å². The van der Waals surface area contributed by atoms with Crippen LogP contribution in [0.15, 0.2) is 24.3 Å². The summed E-state index contributed by atoms with van der Waals surface area (Å²) >= 11 is 0. The predicted molar refractivity (Wildman–Crippen MR) is 58.2 cm³/mol. The van der Waals surface area contributed by atoms with Crippen LogP contribution in [0.3, 0.4) is 0 Å². The molecular weight excluding hydrogens is 209 g/mol. The van der Waals surface area contributed by atoms with Crippen molar-refractivity contribution >= 4 is 11.7 Å². The van der Waals surface area contributed by atoms with Crippen molar-refractivity contribution in [3.8, 4) is 6.07 Å². The number of hydrogen-bond acceptors (Lipinski definition) is 2. The molecule has 2 N–H and O–H groups in total. The van der Waals surface area contributed by atoms with Crippen LogP contribution in [0.4, 0.5) is 14.9 Å². The zero-order chi connectivity index (χ0) is 12.0. The molecule has 1 unspecified atom stereocenters. The fraction of sp³-hybridized carbons (Fsp3) is 0.273. The molecule has 1 rings (SSSR count). The lowest BCUT2D eigenvalue weighted by atomic mass is 10.2. The number of urea groups is 1. The lowest BCUT2D eigenvalue weighted by Gasteiger charge is -2.10. The number of para-hydroxylation sites is 1. The molecule has 0 saturated carbocycles. The standard InChI is InChI=1S/C11H12FN3O/c1-2-8(7-13)14-11(16)15-10-6-4-3-5-9(10)12/h3-6,8H,2H2,1H3,(H2,14,15,16). The maximum atomic E-state index is 13.1. The van der Waals surface area contributed by atoms with Crippen molar-refractivity contribution in [3.63, 3.8) is 0 Å². The van der Waals surface area contributed by atoms with E-state index in [1.165, 1.54) is 18.2 Å². The van der Waals surface area contributed by atoms with Crippen LogP contribution in [0, 0.1) is 17.1 Å². The molecule has 0 spiro atoms. The minimum atomic E-state index is -0.585. The highest BCUT2D eigenvalue weighted by Crippen LogP contribution is 2.11. The SMILES string of the molecule is CCC(C#N)NC(=O)Nc1ccccc1F. The van der Waals surface area contributed by atoms with E-state index in [2.05, 4.69) is 10.6 Å². The average Bonchev–Trinajstić information content (AvgIpc) is 2.29. The third-order valence-electron chi connectivity index (χ3n) is 1.99. The van der Waals surface area contributed by atoms with Crippen molar-refractivity contribution in [2.75, 3.05) is 5.32 Å². The van der Waals surface area contributed by atoms with Crippen molar-refractivity contribution in [1.29, 1.82) is 5.26 Å². The normalized spacial score (nSPS) is 11.3. The summed E-state index contributed by atoms with van der Waals surface area (Å²) < 4.78 is 13.1. The lowest BCUT2D eigenvalue weighted by molar-refractivity contribution is 0.250. The highest BCUT2D eigenvalue weighted by atomic mass is 19.1. The number of anilines is 1. The largest absolute Gasteiger partial charge is 0.322 e. The molecule has 0 heterocycles. The predicted octanol–water partition coefficient (Wildman–Crippen LogP) is 2.25. The Morgan fingerprint density at radius 1 is 1.56 bits per heavy atom.